The number of carbonyl (C=O) groups excluding carboxylic acids is 3. The van der Waals surface area contributed by atoms with E-state index >= 15 is 0 Å². The van der Waals surface area contributed by atoms with Gasteiger partial charge >= 0.3 is 5.97 Å². The van der Waals surface area contributed by atoms with E-state index in [1.54, 1.807) is 9.80 Å². The molecule has 4 fully saturated rings. The Morgan fingerprint density at radius 2 is 1.07 bits per heavy atom. The molecule has 4 aliphatic rings. The lowest BCUT2D eigenvalue weighted by molar-refractivity contribution is -0.152. The average Bonchev–Trinajstić information content (AvgIpc) is 3.69. The number of carbonyl (C=O) groups is 4. The van der Waals surface area contributed by atoms with Crippen LogP contribution in [0.5, 0.6) is 0 Å². The van der Waals surface area contributed by atoms with Gasteiger partial charge in [-0.05, 0) is 99.0 Å². The van der Waals surface area contributed by atoms with E-state index in [1.165, 1.54) is 11.1 Å². The number of rotatable bonds is 14. The quantitative estimate of drug-likeness (QED) is 0.232. The van der Waals surface area contributed by atoms with Gasteiger partial charge in [0, 0.05) is 38.3 Å². The summed E-state index contributed by atoms with van der Waals surface area (Å²) in [6.45, 7) is 15.7. The van der Waals surface area contributed by atoms with Crippen molar-refractivity contribution in [3.05, 3.63) is 71.8 Å². The molecule has 10 heteroatoms. The van der Waals surface area contributed by atoms with E-state index in [9.17, 15) is 24.3 Å². The lowest BCUT2D eigenvalue weighted by Gasteiger charge is -2.32. The fourth-order valence-corrected chi connectivity index (χ4v) is 9.81. The summed E-state index contributed by atoms with van der Waals surface area (Å²) in [5, 5.41) is 9.79. The third-order valence-corrected chi connectivity index (χ3v) is 12.6. The van der Waals surface area contributed by atoms with Gasteiger partial charge in [0.25, 0.3) is 0 Å². The molecule has 2 aromatic carbocycles. The highest BCUT2D eigenvalue weighted by atomic mass is 16.4. The molecule has 2 aromatic rings. The van der Waals surface area contributed by atoms with Crippen molar-refractivity contribution in [1.29, 1.82) is 0 Å². The third-order valence-electron chi connectivity index (χ3n) is 12.6. The highest BCUT2D eigenvalue weighted by Gasteiger charge is 2.47. The SMILES string of the molecule is CC(C)C[C@H](C(=O)O)N1CCC(CCc2ccccc2)N2C[C@H](C)C[C@H]2C1=O.CC(C)C[C@H](C(N)=O)N1CCC(CCc2ccccc2)N2C[C@H](C)C[C@H]2C1=O. The summed E-state index contributed by atoms with van der Waals surface area (Å²) in [7, 11) is 0. The van der Waals surface area contributed by atoms with Crippen LogP contribution in [0.25, 0.3) is 0 Å². The first-order valence-corrected chi connectivity index (χ1v) is 21.5. The molecule has 3 amide bonds. The van der Waals surface area contributed by atoms with Crippen molar-refractivity contribution in [3.63, 3.8) is 0 Å². The van der Waals surface area contributed by atoms with Crippen molar-refractivity contribution in [1.82, 2.24) is 19.6 Å². The number of carboxylic acids is 1. The van der Waals surface area contributed by atoms with E-state index in [4.69, 9.17) is 5.73 Å². The first-order chi connectivity index (χ1) is 26.7. The van der Waals surface area contributed by atoms with E-state index in [-0.39, 0.29) is 35.7 Å². The van der Waals surface area contributed by atoms with Crippen LogP contribution in [0.1, 0.15) is 104 Å². The second-order valence-corrected chi connectivity index (χ2v) is 18.1. The predicted octanol–water partition coefficient (Wildman–Crippen LogP) is 6.26. The Morgan fingerprint density at radius 3 is 1.45 bits per heavy atom. The van der Waals surface area contributed by atoms with Gasteiger partial charge in [-0.2, -0.15) is 0 Å². The monoisotopic (exact) mass is 772 g/mol. The number of hydrogen-bond acceptors (Lipinski definition) is 6. The zero-order valence-electron chi connectivity index (χ0n) is 34.9. The minimum Gasteiger partial charge on any atom is -0.480 e. The summed E-state index contributed by atoms with van der Waals surface area (Å²) in [4.78, 5) is 59.1. The van der Waals surface area contributed by atoms with Gasteiger partial charge in [-0.3, -0.25) is 24.2 Å². The highest BCUT2D eigenvalue weighted by Crippen LogP contribution is 2.35. The van der Waals surface area contributed by atoms with E-state index in [1.807, 2.05) is 26.0 Å². The molecule has 2 unspecified atom stereocenters. The first-order valence-electron chi connectivity index (χ1n) is 21.5. The van der Waals surface area contributed by atoms with Gasteiger partial charge in [0.05, 0.1) is 12.1 Å². The fourth-order valence-electron chi connectivity index (χ4n) is 9.81. The minimum absolute atomic E-state index is 0.0274. The van der Waals surface area contributed by atoms with Crippen molar-refractivity contribution in [2.75, 3.05) is 26.2 Å². The number of nitrogens with zero attached hydrogens (tertiary/aromatic N) is 4. The lowest BCUT2D eigenvalue weighted by Crippen LogP contribution is -2.52. The summed E-state index contributed by atoms with van der Waals surface area (Å²) < 4.78 is 0. The summed E-state index contributed by atoms with van der Waals surface area (Å²) in [6.07, 6.45) is 8.68. The number of aliphatic carboxylic acids is 1. The number of primary amides is 1. The van der Waals surface area contributed by atoms with Crippen molar-refractivity contribution >= 4 is 23.7 Å². The van der Waals surface area contributed by atoms with Crippen LogP contribution in [0.3, 0.4) is 0 Å². The standard InChI is InChI=1S/C23H35N3O2.C23H34N2O3/c1-16(2)13-20(22(24)27)25-12-11-19(10-9-18-7-5-4-6-8-18)26-15-17(3)14-21(26)23(25)28;1-16(2)13-21(23(27)28)24-12-11-19(10-9-18-7-5-4-6-8-18)25-15-17(3)14-20(25)22(24)26/h4-8,16-17,19-21H,9-15H2,1-3H3,(H2,24,27);4-8,16-17,19-21H,9-15H2,1-3H3,(H,27,28)/t17-,19?,20-,21+;17-,19?,20+,21-/m11/s1. The molecule has 10 nitrogen and oxygen atoms in total. The van der Waals surface area contributed by atoms with Gasteiger partial charge in [0.1, 0.15) is 12.1 Å². The number of amides is 3. The van der Waals surface area contributed by atoms with Crippen LogP contribution in [0, 0.1) is 23.7 Å². The normalized spacial score (nSPS) is 26.9. The molecule has 4 aliphatic heterocycles. The topological polar surface area (TPSA) is 127 Å². The van der Waals surface area contributed by atoms with Crippen molar-refractivity contribution in [2.45, 2.75) is 142 Å². The molecule has 3 N–H and O–H groups in total. The molecule has 0 radical (unpaired) electrons. The number of nitrogens with two attached hydrogens (primary N) is 1. The van der Waals surface area contributed by atoms with Crippen molar-refractivity contribution in [3.8, 4) is 0 Å². The molecule has 4 heterocycles. The largest absolute Gasteiger partial charge is 0.480 e. The Labute approximate surface area is 336 Å². The predicted molar refractivity (Wildman–Crippen MR) is 222 cm³/mol. The van der Waals surface area contributed by atoms with E-state index in [0.29, 0.717) is 55.8 Å². The summed E-state index contributed by atoms with van der Waals surface area (Å²) in [5.41, 5.74) is 8.38. The third kappa shape index (κ3) is 11.2. The molecule has 8 atom stereocenters. The Balaban J connectivity index is 0.000000214. The first kappa shape index (κ1) is 43.4. The molecule has 308 valence electrons. The van der Waals surface area contributed by atoms with Crippen molar-refractivity contribution < 1.29 is 24.3 Å². The van der Waals surface area contributed by atoms with E-state index in [2.05, 4.69) is 86.0 Å². The number of hydrogen-bond donors (Lipinski definition) is 2. The van der Waals surface area contributed by atoms with Crippen LogP contribution in [0.15, 0.2) is 60.7 Å². The molecular weight excluding hydrogens is 703 g/mol. The molecular formula is C46H69N5O5. The molecule has 0 spiro atoms. The molecule has 6 rings (SSSR count). The summed E-state index contributed by atoms with van der Waals surface area (Å²) in [6, 6.07) is 20.3. The molecule has 0 aliphatic carbocycles. The van der Waals surface area contributed by atoms with Crippen LogP contribution in [-0.2, 0) is 32.0 Å². The van der Waals surface area contributed by atoms with Gasteiger partial charge in [0.2, 0.25) is 17.7 Å². The van der Waals surface area contributed by atoms with Gasteiger partial charge < -0.3 is 20.6 Å². The van der Waals surface area contributed by atoms with Gasteiger partial charge in [-0.25, -0.2) is 4.79 Å². The van der Waals surface area contributed by atoms with Crippen LogP contribution >= 0.6 is 0 Å². The molecule has 56 heavy (non-hydrogen) atoms. The Kier molecular flexibility index (Phi) is 15.6. The maximum absolute atomic E-state index is 13.4. The Bertz CT molecular complexity index is 1470. The zero-order valence-corrected chi connectivity index (χ0v) is 34.9. The highest BCUT2D eigenvalue weighted by molar-refractivity contribution is 5.89. The van der Waals surface area contributed by atoms with Gasteiger partial charge in [-0.15, -0.1) is 0 Å². The average molecular weight is 772 g/mol. The number of carboxylic acid groups (broad SMARTS) is 1. The maximum atomic E-state index is 13.4. The molecule has 0 bridgehead atoms. The smallest absolute Gasteiger partial charge is 0.326 e. The number of benzene rings is 2. The van der Waals surface area contributed by atoms with Crippen LogP contribution in [0.4, 0.5) is 0 Å². The number of fused-ring (bicyclic) bond motifs is 2. The second kappa shape index (κ2) is 20.1. The molecule has 0 saturated carbocycles. The second-order valence-electron chi connectivity index (χ2n) is 18.1. The fraction of sp³-hybridized carbons (Fsp3) is 0.652. The summed E-state index contributed by atoms with van der Waals surface area (Å²) >= 11 is 0. The minimum atomic E-state index is -0.873. The van der Waals surface area contributed by atoms with Gasteiger partial charge in [-0.1, -0.05) is 102 Å². The molecule has 4 saturated heterocycles. The lowest BCUT2D eigenvalue weighted by atomic mass is 9.99. The van der Waals surface area contributed by atoms with E-state index < -0.39 is 18.1 Å². The summed E-state index contributed by atoms with van der Waals surface area (Å²) in [5.74, 6) is 0.429. The van der Waals surface area contributed by atoms with Crippen LogP contribution in [0.2, 0.25) is 0 Å². The van der Waals surface area contributed by atoms with Crippen LogP contribution in [-0.4, -0.2) is 111 Å². The molecule has 0 aromatic heterocycles. The van der Waals surface area contributed by atoms with Gasteiger partial charge in [0.15, 0.2) is 0 Å². The maximum Gasteiger partial charge on any atom is 0.326 e. The Hall–Kier alpha value is -3.76. The van der Waals surface area contributed by atoms with E-state index in [0.717, 1.165) is 64.5 Å². The van der Waals surface area contributed by atoms with Crippen molar-refractivity contribution in [2.24, 2.45) is 29.4 Å². The zero-order chi connectivity index (χ0) is 40.5. The number of aryl methyl sites for hydroxylation is 2. The Morgan fingerprint density at radius 1 is 0.679 bits per heavy atom. The van der Waals surface area contributed by atoms with Crippen LogP contribution < -0.4 is 5.73 Å².